The Morgan fingerprint density at radius 2 is 1.86 bits per heavy atom. The van der Waals surface area contributed by atoms with E-state index in [4.69, 9.17) is 10.8 Å². The van der Waals surface area contributed by atoms with Crippen molar-refractivity contribution in [2.75, 3.05) is 25.1 Å². The van der Waals surface area contributed by atoms with E-state index in [1.807, 2.05) is 6.26 Å². The first-order valence-electron chi connectivity index (χ1n) is 6.64. The van der Waals surface area contributed by atoms with Gasteiger partial charge in [0.05, 0.1) is 6.04 Å². The summed E-state index contributed by atoms with van der Waals surface area (Å²) in [6.07, 6.45) is 2.59. The van der Waals surface area contributed by atoms with Crippen molar-refractivity contribution >= 4 is 23.6 Å². The van der Waals surface area contributed by atoms with Crippen LogP contribution in [0.15, 0.2) is 24.3 Å². The molecule has 0 saturated heterocycles. The van der Waals surface area contributed by atoms with Gasteiger partial charge in [0, 0.05) is 18.7 Å². The summed E-state index contributed by atoms with van der Waals surface area (Å²) in [5.74, 6) is 0.489. The highest BCUT2D eigenvalue weighted by Gasteiger charge is 2.12. The van der Waals surface area contributed by atoms with Gasteiger partial charge in [-0.25, -0.2) is 0 Å². The predicted molar refractivity (Wildman–Crippen MR) is 84.4 cm³/mol. The molecule has 1 unspecified atom stereocenters. The maximum absolute atomic E-state index is 11.7. The quantitative estimate of drug-likeness (QED) is 0.518. The second-order valence-corrected chi connectivity index (χ2v) is 5.47. The lowest BCUT2D eigenvalue weighted by Gasteiger charge is -2.12. The lowest BCUT2D eigenvalue weighted by Crippen LogP contribution is -2.43. The van der Waals surface area contributed by atoms with Gasteiger partial charge in [-0.3, -0.25) is 9.59 Å². The normalized spacial score (nSPS) is 11.7. The van der Waals surface area contributed by atoms with Gasteiger partial charge in [-0.2, -0.15) is 11.8 Å². The molecule has 0 aromatic heterocycles. The Bertz CT molecular complexity index is 465. The Balaban J connectivity index is 2.23. The topological polar surface area (TPSA) is 104 Å². The molecule has 5 N–H and O–H groups in total. The van der Waals surface area contributed by atoms with E-state index in [0.717, 1.165) is 5.75 Å². The minimum absolute atomic E-state index is 0.109. The van der Waals surface area contributed by atoms with Crippen LogP contribution in [0.3, 0.4) is 0 Å². The molecule has 1 aromatic rings. The van der Waals surface area contributed by atoms with Crippen LogP contribution < -0.4 is 16.4 Å². The lowest BCUT2D eigenvalue weighted by molar-refractivity contribution is -0.122. The van der Waals surface area contributed by atoms with Crippen LogP contribution in [0.4, 0.5) is 0 Å². The average molecular weight is 311 g/mol. The number of carbonyl (C=O) groups excluding carboxylic acids is 2. The minimum Gasteiger partial charge on any atom is -0.508 e. The van der Waals surface area contributed by atoms with Gasteiger partial charge < -0.3 is 21.5 Å². The number of nitrogens with two attached hydrogens (primary N) is 1. The van der Waals surface area contributed by atoms with E-state index in [9.17, 15) is 9.59 Å². The molecule has 7 heteroatoms. The summed E-state index contributed by atoms with van der Waals surface area (Å²) in [4.78, 5) is 23.4. The van der Waals surface area contributed by atoms with Crippen molar-refractivity contribution in [3.63, 3.8) is 0 Å². The van der Waals surface area contributed by atoms with Crippen molar-refractivity contribution in [2.24, 2.45) is 5.73 Å². The van der Waals surface area contributed by atoms with E-state index < -0.39 is 6.04 Å². The van der Waals surface area contributed by atoms with Gasteiger partial charge in [0.15, 0.2) is 0 Å². The molecule has 0 radical (unpaired) electrons. The van der Waals surface area contributed by atoms with Crippen molar-refractivity contribution in [1.82, 2.24) is 10.6 Å². The second-order valence-electron chi connectivity index (χ2n) is 4.48. The zero-order chi connectivity index (χ0) is 15.7. The molecule has 6 nitrogen and oxygen atoms in total. The number of phenolic OH excluding ortho intramolecular Hbond substituents is 1. The third kappa shape index (κ3) is 6.50. The maximum atomic E-state index is 11.7. The fraction of sp³-hybridized carbons (Fsp3) is 0.429. The first kappa shape index (κ1) is 17.3. The van der Waals surface area contributed by atoms with Gasteiger partial charge in [-0.15, -0.1) is 0 Å². The highest BCUT2D eigenvalue weighted by Crippen LogP contribution is 2.09. The molecule has 0 aliphatic carbocycles. The van der Waals surface area contributed by atoms with E-state index >= 15 is 0 Å². The van der Waals surface area contributed by atoms with Crippen molar-refractivity contribution < 1.29 is 14.7 Å². The van der Waals surface area contributed by atoms with Crippen LogP contribution in [0.1, 0.15) is 16.8 Å². The highest BCUT2D eigenvalue weighted by molar-refractivity contribution is 7.98. The molecule has 116 valence electrons. The number of hydrogen-bond donors (Lipinski definition) is 4. The van der Waals surface area contributed by atoms with Crippen molar-refractivity contribution in [3.8, 4) is 5.75 Å². The van der Waals surface area contributed by atoms with E-state index in [-0.39, 0.29) is 17.6 Å². The number of nitrogens with one attached hydrogen (secondary N) is 2. The Labute approximate surface area is 128 Å². The number of benzene rings is 1. The van der Waals surface area contributed by atoms with Crippen molar-refractivity contribution in [1.29, 1.82) is 0 Å². The molecule has 0 aliphatic heterocycles. The first-order valence-corrected chi connectivity index (χ1v) is 8.03. The largest absolute Gasteiger partial charge is 0.508 e. The van der Waals surface area contributed by atoms with Crippen LogP contribution in [0, 0.1) is 0 Å². The number of amides is 2. The van der Waals surface area contributed by atoms with Gasteiger partial charge >= 0.3 is 0 Å². The third-order valence-electron chi connectivity index (χ3n) is 2.81. The van der Waals surface area contributed by atoms with Gasteiger partial charge in [-0.05, 0) is 42.7 Å². The third-order valence-corrected chi connectivity index (χ3v) is 3.45. The molecule has 0 spiro atoms. The van der Waals surface area contributed by atoms with Crippen molar-refractivity contribution in [2.45, 2.75) is 12.5 Å². The summed E-state index contributed by atoms with van der Waals surface area (Å²) in [5, 5.41) is 14.5. The SMILES string of the molecule is CSCCC(N)C(=O)NCCNC(=O)c1ccc(O)cc1. The monoisotopic (exact) mass is 311 g/mol. The Morgan fingerprint density at radius 1 is 1.24 bits per heavy atom. The maximum Gasteiger partial charge on any atom is 0.251 e. The van der Waals surface area contributed by atoms with Crippen LogP contribution in [0.2, 0.25) is 0 Å². The van der Waals surface area contributed by atoms with Crippen LogP contribution in [0.25, 0.3) is 0 Å². The fourth-order valence-electron chi connectivity index (χ4n) is 1.58. The van der Waals surface area contributed by atoms with Crippen molar-refractivity contribution in [3.05, 3.63) is 29.8 Å². The molecule has 0 fully saturated rings. The van der Waals surface area contributed by atoms with E-state index in [2.05, 4.69) is 10.6 Å². The number of aromatic hydroxyl groups is 1. The van der Waals surface area contributed by atoms with Gasteiger partial charge in [0.1, 0.15) is 5.75 Å². The lowest BCUT2D eigenvalue weighted by atomic mass is 10.2. The van der Waals surface area contributed by atoms with E-state index in [1.54, 1.807) is 11.8 Å². The van der Waals surface area contributed by atoms with Crippen LogP contribution >= 0.6 is 11.8 Å². The van der Waals surface area contributed by atoms with Gasteiger partial charge in [-0.1, -0.05) is 0 Å². The summed E-state index contributed by atoms with van der Waals surface area (Å²) in [6, 6.07) is 5.44. The highest BCUT2D eigenvalue weighted by atomic mass is 32.2. The fourth-order valence-corrected chi connectivity index (χ4v) is 2.07. The summed E-state index contributed by atoms with van der Waals surface area (Å²) < 4.78 is 0. The molecule has 0 aliphatic rings. The molecule has 1 aromatic carbocycles. The number of phenols is 1. The molecule has 0 saturated carbocycles. The number of carbonyl (C=O) groups is 2. The summed E-state index contributed by atoms with van der Waals surface area (Å²) in [6.45, 7) is 0.649. The number of rotatable bonds is 8. The summed E-state index contributed by atoms with van der Waals surface area (Å²) in [7, 11) is 0. The van der Waals surface area contributed by atoms with E-state index in [1.165, 1.54) is 24.3 Å². The van der Waals surface area contributed by atoms with Crippen LogP contribution in [0.5, 0.6) is 5.75 Å². The zero-order valence-electron chi connectivity index (χ0n) is 12.0. The molecular formula is C14H21N3O3S. The molecule has 21 heavy (non-hydrogen) atoms. The molecular weight excluding hydrogens is 290 g/mol. The Morgan fingerprint density at radius 3 is 2.48 bits per heavy atom. The molecule has 0 heterocycles. The molecule has 0 bridgehead atoms. The van der Waals surface area contributed by atoms with Gasteiger partial charge in [0.2, 0.25) is 5.91 Å². The smallest absolute Gasteiger partial charge is 0.251 e. The summed E-state index contributed by atoms with van der Waals surface area (Å²) >= 11 is 1.64. The second kappa shape index (κ2) is 9.25. The standard InChI is InChI=1S/C14H21N3O3S/c1-21-9-6-12(15)14(20)17-8-7-16-13(19)10-2-4-11(18)5-3-10/h2-5,12,18H,6-9,15H2,1H3,(H,16,19)(H,17,20). The van der Waals surface area contributed by atoms with Crippen LogP contribution in [-0.2, 0) is 4.79 Å². The van der Waals surface area contributed by atoms with E-state index in [0.29, 0.717) is 25.1 Å². The minimum atomic E-state index is -0.509. The Hall–Kier alpha value is -1.73. The van der Waals surface area contributed by atoms with Crippen LogP contribution in [-0.4, -0.2) is 48.1 Å². The number of thioether (sulfide) groups is 1. The average Bonchev–Trinajstić information content (AvgIpc) is 2.49. The molecule has 1 rings (SSSR count). The summed E-state index contributed by atoms with van der Waals surface area (Å²) in [5.41, 5.74) is 6.17. The first-order chi connectivity index (χ1) is 10.0. The zero-order valence-corrected chi connectivity index (χ0v) is 12.8. The van der Waals surface area contributed by atoms with Gasteiger partial charge in [0.25, 0.3) is 5.91 Å². The molecule has 1 atom stereocenters. The Kier molecular flexibility index (Phi) is 7.63. The number of hydrogen-bond acceptors (Lipinski definition) is 5. The predicted octanol–water partition coefficient (Wildman–Crippen LogP) is 0.319. The molecule has 2 amide bonds.